The molecule has 0 bridgehead atoms. The third-order valence-electron chi connectivity index (χ3n) is 2.34. The van der Waals surface area contributed by atoms with Crippen LogP contribution in [0.2, 0.25) is 0 Å². The number of H-pyrrole nitrogens is 1. The van der Waals surface area contributed by atoms with E-state index in [1.54, 1.807) is 18.2 Å². The number of allylic oxidation sites excluding steroid dienone is 2. The average molecular weight is 293 g/mol. The number of carbonyl (C=O) groups excluding carboxylic acids is 1. The molecular formula is C15H23N3O3. The minimum Gasteiger partial charge on any atom is -0.334 e. The van der Waals surface area contributed by atoms with Crippen LogP contribution in [0.4, 0.5) is 0 Å². The molecule has 0 fully saturated rings. The molecule has 1 aromatic heterocycles. The average Bonchev–Trinajstić information content (AvgIpc) is 2.48. The molecule has 0 spiro atoms. The summed E-state index contributed by atoms with van der Waals surface area (Å²) in [7, 11) is 0. The zero-order chi connectivity index (χ0) is 16.3. The van der Waals surface area contributed by atoms with Gasteiger partial charge in [0.15, 0.2) is 0 Å². The van der Waals surface area contributed by atoms with Crippen LogP contribution in [0.5, 0.6) is 0 Å². The summed E-state index contributed by atoms with van der Waals surface area (Å²) in [5, 5.41) is 2.61. The highest BCUT2D eigenvalue weighted by Crippen LogP contribution is 1.99. The molecule has 0 aliphatic rings. The summed E-state index contributed by atoms with van der Waals surface area (Å²) >= 11 is 0. The fourth-order valence-electron chi connectivity index (χ4n) is 1.46. The maximum absolute atomic E-state index is 11.9. The van der Waals surface area contributed by atoms with Gasteiger partial charge in [0.1, 0.15) is 0 Å². The van der Waals surface area contributed by atoms with Crippen molar-refractivity contribution < 1.29 is 4.79 Å². The first kappa shape index (κ1) is 18.6. The lowest BCUT2D eigenvalue weighted by Gasteiger charge is -2.07. The molecule has 0 aliphatic heterocycles. The molecule has 116 valence electrons. The monoisotopic (exact) mass is 293 g/mol. The second-order valence-electron chi connectivity index (χ2n) is 3.81. The molecule has 0 radical (unpaired) electrons. The molecule has 0 unspecified atom stereocenters. The van der Waals surface area contributed by atoms with Crippen molar-refractivity contribution in [1.82, 2.24) is 14.9 Å². The molecule has 0 saturated carbocycles. The van der Waals surface area contributed by atoms with Gasteiger partial charge in [-0.05, 0) is 13.3 Å². The summed E-state index contributed by atoms with van der Waals surface area (Å²) in [6.45, 7) is 7.76. The van der Waals surface area contributed by atoms with Gasteiger partial charge in [0.25, 0.3) is 11.5 Å². The molecule has 1 rings (SSSR count). The normalized spacial score (nSPS) is 11.0. The van der Waals surface area contributed by atoms with Gasteiger partial charge in [0.05, 0.1) is 6.67 Å². The number of hydrogen-bond acceptors (Lipinski definition) is 3. The van der Waals surface area contributed by atoms with Gasteiger partial charge in [-0.3, -0.25) is 19.1 Å². The molecule has 0 atom stereocenters. The summed E-state index contributed by atoms with van der Waals surface area (Å²) in [5.74, 6) is -0.266. The Morgan fingerprint density at radius 2 is 2.05 bits per heavy atom. The van der Waals surface area contributed by atoms with Crippen LogP contribution in [-0.2, 0) is 11.5 Å². The van der Waals surface area contributed by atoms with Crippen molar-refractivity contribution in [3.05, 3.63) is 56.9 Å². The predicted octanol–water partition coefficient (Wildman–Crippen LogP) is 1.55. The molecule has 1 heterocycles. The Morgan fingerprint density at radius 1 is 1.38 bits per heavy atom. The standard InChI is InChI=1S/C13H17N3O3.C2H6/c1-3-5-10(6-4-2)12(18)14-9-16-8-7-11(17)15-13(16)19;1-2/h3,5-8H,4,9H2,1-2H3,(H,14,18)(H,15,17,19);1-2H3/b5-3-,10-6+;. The summed E-state index contributed by atoms with van der Waals surface area (Å²) in [6.07, 6.45) is 7.35. The summed E-state index contributed by atoms with van der Waals surface area (Å²) in [5.41, 5.74) is -0.476. The van der Waals surface area contributed by atoms with Crippen LogP contribution >= 0.6 is 0 Å². The highest BCUT2D eigenvalue weighted by atomic mass is 16.2. The minimum atomic E-state index is -0.556. The number of hydrogen-bond donors (Lipinski definition) is 2. The first-order chi connectivity index (χ1) is 10.1. The van der Waals surface area contributed by atoms with Crippen LogP contribution in [-0.4, -0.2) is 15.5 Å². The van der Waals surface area contributed by atoms with E-state index in [1.165, 1.54) is 16.8 Å². The summed E-state index contributed by atoms with van der Waals surface area (Å²) in [4.78, 5) is 36.3. The van der Waals surface area contributed by atoms with Crippen LogP contribution in [0.15, 0.2) is 45.7 Å². The Bertz CT molecular complexity index is 609. The highest BCUT2D eigenvalue weighted by molar-refractivity contribution is 5.95. The van der Waals surface area contributed by atoms with Gasteiger partial charge in [-0.2, -0.15) is 0 Å². The van der Waals surface area contributed by atoms with Gasteiger partial charge in [-0.15, -0.1) is 0 Å². The van der Waals surface area contributed by atoms with Gasteiger partial charge < -0.3 is 5.32 Å². The Morgan fingerprint density at radius 3 is 2.57 bits per heavy atom. The van der Waals surface area contributed by atoms with E-state index >= 15 is 0 Å². The molecule has 0 aromatic carbocycles. The predicted molar refractivity (Wildman–Crippen MR) is 84.0 cm³/mol. The van der Waals surface area contributed by atoms with E-state index in [-0.39, 0.29) is 12.6 Å². The number of amides is 1. The van der Waals surface area contributed by atoms with E-state index in [0.29, 0.717) is 5.57 Å². The van der Waals surface area contributed by atoms with E-state index in [1.807, 2.05) is 27.7 Å². The first-order valence-corrected chi connectivity index (χ1v) is 6.99. The van der Waals surface area contributed by atoms with Gasteiger partial charge >= 0.3 is 5.69 Å². The number of aromatic amines is 1. The third kappa shape index (κ3) is 6.56. The van der Waals surface area contributed by atoms with Crippen molar-refractivity contribution in [2.75, 3.05) is 0 Å². The second kappa shape index (κ2) is 10.4. The second-order valence-corrected chi connectivity index (χ2v) is 3.81. The minimum absolute atomic E-state index is 0.00700. The van der Waals surface area contributed by atoms with Crippen LogP contribution < -0.4 is 16.6 Å². The lowest BCUT2D eigenvalue weighted by molar-refractivity contribution is -0.117. The largest absolute Gasteiger partial charge is 0.334 e. The third-order valence-corrected chi connectivity index (χ3v) is 2.34. The molecule has 1 aromatic rings. The highest BCUT2D eigenvalue weighted by Gasteiger charge is 2.05. The van der Waals surface area contributed by atoms with Gasteiger partial charge in [-0.25, -0.2) is 4.79 Å². The zero-order valence-electron chi connectivity index (χ0n) is 13.0. The first-order valence-electron chi connectivity index (χ1n) is 6.99. The van der Waals surface area contributed by atoms with Crippen molar-refractivity contribution in [3.8, 4) is 0 Å². The zero-order valence-corrected chi connectivity index (χ0v) is 13.0. The molecule has 0 saturated heterocycles. The summed E-state index contributed by atoms with van der Waals surface area (Å²) < 4.78 is 1.21. The lowest BCUT2D eigenvalue weighted by atomic mass is 10.2. The lowest BCUT2D eigenvalue weighted by Crippen LogP contribution is -2.35. The number of carbonyl (C=O) groups is 1. The van der Waals surface area contributed by atoms with Crippen LogP contribution in [0, 0.1) is 0 Å². The van der Waals surface area contributed by atoms with E-state index in [0.717, 1.165) is 6.42 Å². The van der Waals surface area contributed by atoms with Crippen molar-refractivity contribution >= 4 is 5.91 Å². The fourth-order valence-corrected chi connectivity index (χ4v) is 1.46. The quantitative estimate of drug-likeness (QED) is 0.638. The molecule has 0 aliphatic carbocycles. The van der Waals surface area contributed by atoms with Crippen molar-refractivity contribution in [2.24, 2.45) is 0 Å². The molecule has 1 amide bonds. The smallest absolute Gasteiger partial charge is 0.329 e. The van der Waals surface area contributed by atoms with Crippen LogP contribution in [0.3, 0.4) is 0 Å². The van der Waals surface area contributed by atoms with E-state index in [2.05, 4.69) is 10.3 Å². The van der Waals surface area contributed by atoms with Gasteiger partial charge in [0.2, 0.25) is 0 Å². The van der Waals surface area contributed by atoms with Crippen molar-refractivity contribution in [2.45, 2.75) is 40.8 Å². The summed E-state index contributed by atoms with van der Waals surface area (Å²) in [6, 6.07) is 1.22. The van der Waals surface area contributed by atoms with Crippen molar-refractivity contribution in [3.63, 3.8) is 0 Å². The Labute approximate surface area is 124 Å². The maximum Gasteiger partial charge on any atom is 0.329 e. The number of rotatable bonds is 5. The molecule has 21 heavy (non-hydrogen) atoms. The van der Waals surface area contributed by atoms with E-state index < -0.39 is 11.2 Å². The van der Waals surface area contributed by atoms with E-state index in [9.17, 15) is 14.4 Å². The Kier molecular flexibility index (Phi) is 9.25. The maximum atomic E-state index is 11.9. The number of nitrogens with zero attached hydrogens (tertiary/aromatic N) is 1. The Hall–Kier alpha value is -2.37. The van der Waals surface area contributed by atoms with Gasteiger partial charge in [0, 0.05) is 17.8 Å². The topological polar surface area (TPSA) is 84.0 Å². The Balaban J connectivity index is 0.00000191. The molecular weight excluding hydrogens is 270 g/mol. The molecule has 6 nitrogen and oxygen atoms in total. The van der Waals surface area contributed by atoms with E-state index in [4.69, 9.17) is 0 Å². The molecule has 6 heteroatoms. The van der Waals surface area contributed by atoms with Crippen molar-refractivity contribution in [1.29, 1.82) is 0 Å². The molecule has 2 N–H and O–H groups in total. The van der Waals surface area contributed by atoms with Crippen LogP contribution in [0.25, 0.3) is 0 Å². The van der Waals surface area contributed by atoms with Crippen LogP contribution in [0.1, 0.15) is 34.1 Å². The number of aromatic nitrogens is 2. The SMILES string of the molecule is C/C=C\C(=C/CC)C(=O)NCn1ccc(=O)[nH]c1=O.CC. The number of nitrogens with one attached hydrogen (secondary N) is 2. The van der Waals surface area contributed by atoms with Gasteiger partial charge in [-0.1, -0.05) is 39.0 Å². The fraction of sp³-hybridized carbons (Fsp3) is 0.400.